The minimum absolute atomic E-state index is 0.252. The van der Waals surface area contributed by atoms with Crippen LogP contribution in [0.2, 0.25) is 10.0 Å². The maximum atomic E-state index is 12.6. The normalized spacial score (nSPS) is 12.5. The summed E-state index contributed by atoms with van der Waals surface area (Å²) in [5.74, 6) is 0.00582. The highest BCUT2D eigenvalue weighted by molar-refractivity contribution is 7.99. The Bertz CT molecular complexity index is 1230. The zero-order chi connectivity index (χ0) is 31.1. The third-order valence-electron chi connectivity index (χ3n) is 5.63. The Kier molecular flexibility index (Phi) is 16.8. The Hall–Kier alpha value is -2.45. The zero-order valence-corrected chi connectivity index (χ0v) is 27.8. The van der Waals surface area contributed by atoms with E-state index in [1.165, 1.54) is 6.92 Å². The highest BCUT2D eigenvalue weighted by atomic mass is 35.5. The fourth-order valence-corrected chi connectivity index (χ4v) is 5.66. The molecule has 2 aromatic rings. The molecule has 1 atom stereocenters. The summed E-state index contributed by atoms with van der Waals surface area (Å²) in [7, 11) is 0. The number of rotatable bonds is 12. The lowest BCUT2D eigenvalue weighted by atomic mass is 10.1. The Labute approximate surface area is 260 Å². The molecule has 6 nitrogen and oxygen atoms in total. The summed E-state index contributed by atoms with van der Waals surface area (Å²) in [5.41, 5.74) is 4.11. The number of aliphatic hydroxyl groups excluding tert-OH is 1. The van der Waals surface area contributed by atoms with E-state index in [-0.39, 0.29) is 12.5 Å². The highest BCUT2D eigenvalue weighted by Gasteiger charge is 2.22. The molecule has 0 spiro atoms. The number of nitrogens with zero attached hydrogens (tertiary/aromatic N) is 1. The fraction of sp³-hybridized carbons (Fsp3) is 0.438. The van der Waals surface area contributed by atoms with E-state index in [0.29, 0.717) is 16.6 Å². The molecular weight excluding hydrogens is 577 g/mol. The van der Waals surface area contributed by atoms with Crippen LogP contribution in [0.25, 0.3) is 0 Å². The van der Waals surface area contributed by atoms with Crippen molar-refractivity contribution in [3.63, 3.8) is 0 Å². The summed E-state index contributed by atoms with van der Waals surface area (Å²) < 4.78 is 2.22. The first-order chi connectivity index (χ1) is 19.3. The van der Waals surface area contributed by atoms with Gasteiger partial charge in [0.2, 0.25) is 11.8 Å². The number of nitrogens with one attached hydrogen (secondary N) is 2. The smallest absolute Gasteiger partial charge is 0.245 e. The minimum atomic E-state index is -1.00. The number of benzene rings is 1. The fourth-order valence-electron chi connectivity index (χ4n) is 3.82. The first-order valence-corrected chi connectivity index (χ1v) is 15.4. The summed E-state index contributed by atoms with van der Waals surface area (Å²) in [6, 6.07) is 4.44. The quantitative estimate of drug-likeness (QED) is 0.211. The molecule has 9 heteroatoms. The Morgan fingerprint density at radius 1 is 1.12 bits per heavy atom. The number of aliphatic hydroxyl groups is 1. The number of carbonyl (C=O) groups excluding carboxylic acids is 2. The van der Waals surface area contributed by atoms with Gasteiger partial charge in [0.1, 0.15) is 6.04 Å². The van der Waals surface area contributed by atoms with Gasteiger partial charge in [-0.1, -0.05) is 93.0 Å². The highest BCUT2D eigenvalue weighted by Crippen LogP contribution is 2.38. The number of hydrogen-bond donors (Lipinski definition) is 3. The molecule has 0 aliphatic heterocycles. The van der Waals surface area contributed by atoms with Gasteiger partial charge < -0.3 is 20.3 Å². The Morgan fingerprint density at radius 3 is 2.24 bits per heavy atom. The maximum Gasteiger partial charge on any atom is 0.245 e. The molecule has 2 rings (SSSR count). The van der Waals surface area contributed by atoms with E-state index < -0.39 is 18.6 Å². The number of carbonyl (C=O) groups is 2. The first kappa shape index (κ1) is 36.6. The van der Waals surface area contributed by atoms with Crippen LogP contribution < -0.4 is 10.6 Å². The molecule has 41 heavy (non-hydrogen) atoms. The summed E-state index contributed by atoms with van der Waals surface area (Å²) in [6.45, 7) is 16.3. The van der Waals surface area contributed by atoms with E-state index in [0.717, 1.165) is 44.7 Å². The van der Waals surface area contributed by atoms with Crippen molar-refractivity contribution in [2.75, 3.05) is 6.61 Å². The van der Waals surface area contributed by atoms with Crippen molar-refractivity contribution >= 4 is 46.8 Å². The molecule has 1 heterocycles. The van der Waals surface area contributed by atoms with Gasteiger partial charge in [0, 0.05) is 40.6 Å². The topological polar surface area (TPSA) is 83.4 Å². The van der Waals surface area contributed by atoms with Gasteiger partial charge in [0.15, 0.2) is 0 Å². The molecule has 0 radical (unpaired) electrons. The summed E-state index contributed by atoms with van der Waals surface area (Å²) >= 11 is 14.1. The third kappa shape index (κ3) is 12.9. The average molecular weight is 623 g/mol. The summed E-state index contributed by atoms with van der Waals surface area (Å²) in [5, 5.41) is 17.0. The molecule has 0 fully saturated rings. The van der Waals surface area contributed by atoms with Crippen LogP contribution in [-0.2, 0) is 22.7 Å². The number of aromatic nitrogens is 1. The lowest BCUT2D eigenvalue weighted by Crippen LogP contribution is -2.48. The lowest BCUT2D eigenvalue weighted by molar-refractivity contribution is -0.129. The standard InChI is InChI=1S/C28H35Cl2N3O3S.C4H10/c1-6-8-9-11-21(10-7-2)16-33-19(4)25(15-31-27(36)26(17-34)32-20(5)35)18(3)28(33)37-24-13-22(29)12-23(30)14-24;1-4(2)3/h7-14,26,34H,6,15-17H2,1-5H3,(H,31,36)(H,32,35);4H,1-3H3/b9-8+,10-7-,21-11+;. The number of hydrogen-bond acceptors (Lipinski definition) is 4. The Morgan fingerprint density at radius 2 is 1.73 bits per heavy atom. The number of halogens is 2. The van der Waals surface area contributed by atoms with Crippen molar-refractivity contribution in [1.82, 2.24) is 15.2 Å². The average Bonchev–Trinajstić information content (AvgIpc) is 3.08. The third-order valence-corrected chi connectivity index (χ3v) is 7.26. The molecular formula is C32H45Cl2N3O3S. The van der Waals surface area contributed by atoms with Crippen LogP contribution >= 0.6 is 35.0 Å². The van der Waals surface area contributed by atoms with E-state index in [1.807, 2.05) is 39.0 Å². The monoisotopic (exact) mass is 621 g/mol. The molecule has 0 aliphatic carbocycles. The van der Waals surface area contributed by atoms with E-state index >= 15 is 0 Å². The SMILES string of the molecule is CC(C)C.C\C=C/C(=C\C=C\CC)Cn1c(C)c(CNC(=O)C(CO)NC(C)=O)c(C)c1Sc1cc(Cl)cc(Cl)c1. The van der Waals surface area contributed by atoms with E-state index in [1.54, 1.807) is 17.8 Å². The largest absolute Gasteiger partial charge is 0.394 e. The molecule has 0 saturated carbocycles. The van der Waals surface area contributed by atoms with E-state index in [9.17, 15) is 14.7 Å². The molecule has 2 amide bonds. The van der Waals surface area contributed by atoms with Gasteiger partial charge in [0.05, 0.1) is 11.6 Å². The Balaban J connectivity index is 0.00000196. The molecule has 0 bridgehead atoms. The lowest BCUT2D eigenvalue weighted by Gasteiger charge is -2.15. The van der Waals surface area contributed by atoms with Crippen LogP contribution in [-0.4, -0.2) is 34.1 Å². The van der Waals surface area contributed by atoms with Gasteiger partial charge in [-0.15, -0.1) is 0 Å². The zero-order valence-electron chi connectivity index (χ0n) is 25.5. The second-order valence-corrected chi connectivity index (χ2v) is 12.2. The van der Waals surface area contributed by atoms with Crippen molar-refractivity contribution < 1.29 is 14.7 Å². The molecule has 0 aliphatic rings. The van der Waals surface area contributed by atoms with Crippen LogP contribution in [0.5, 0.6) is 0 Å². The van der Waals surface area contributed by atoms with Crippen molar-refractivity contribution in [1.29, 1.82) is 0 Å². The van der Waals surface area contributed by atoms with Crippen molar-refractivity contribution in [2.45, 2.75) is 90.9 Å². The van der Waals surface area contributed by atoms with Gasteiger partial charge in [-0.05, 0) is 68.0 Å². The predicted octanol–water partition coefficient (Wildman–Crippen LogP) is 7.81. The molecule has 1 aromatic carbocycles. The van der Waals surface area contributed by atoms with Gasteiger partial charge in [-0.3, -0.25) is 9.59 Å². The van der Waals surface area contributed by atoms with Crippen LogP contribution in [0.4, 0.5) is 0 Å². The van der Waals surface area contributed by atoms with Crippen LogP contribution in [0.15, 0.2) is 64.1 Å². The van der Waals surface area contributed by atoms with Crippen LogP contribution in [0.3, 0.4) is 0 Å². The maximum absolute atomic E-state index is 12.6. The summed E-state index contributed by atoms with van der Waals surface area (Å²) in [6.07, 6.45) is 11.3. The van der Waals surface area contributed by atoms with Crippen LogP contribution in [0, 0.1) is 19.8 Å². The molecule has 226 valence electrons. The molecule has 0 saturated heterocycles. The van der Waals surface area contributed by atoms with E-state index in [2.05, 4.69) is 67.2 Å². The predicted molar refractivity (Wildman–Crippen MR) is 174 cm³/mol. The second kappa shape index (κ2) is 18.9. The van der Waals surface area contributed by atoms with Crippen LogP contribution in [0.1, 0.15) is 64.8 Å². The molecule has 1 unspecified atom stereocenters. The van der Waals surface area contributed by atoms with Crippen molar-refractivity contribution in [2.24, 2.45) is 5.92 Å². The molecule has 1 aromatic heterocycles. The number of allylic oxidation sites excluding steroid dienone is 6. The van der Waals surface area contributed by atoms with Gasteiger partial charge in [-0.2, -0.15) is 0 Å². The molecule has 3 N–H and O–H groups in total. The first-order valence-electron chi connectivity index (χ1n) is 13.8. The second-order valence-electron chi connectivity index (χ2n) is 10.3. The van der Waals surface area contributed by atoms with Gasteiger partial charge >= 0.3 is 0 Å². The van der Waals surface area contributed by atoms with Crippen molar-refractivity contribution in [3.05, 3.63) is 81.0 Å². The van der Waals surface area contributed by atoms with Gasteiger partial charge in [-0.25, -0.2) is 0 Å². The minimum Gasteiger partial charge on any atom is -0.394 e. The number of amides is 2. The van der Waals surface area contributed by atoms with E-state index in [4.69, 9.17) is 23.2 Å². The van der Waals surface area contributed by atoms with Gasteiger partial charge in [0.25, 0.3) is 0 Å². The summed E-state index contributed by atoms with van der Waals surface area (Å²) in [4.78, 5) is 24.9. The van der Waals surface area contributed by atoms with Crippen molar-refractivity contribution in [3.8, 4) is 0 Å².